The zero-order valence-electron chi connectivity index (χ0n) is 16.6. The van der Waals surface area contributed by atoms with Crippen molar-refractivity contribution >= 4 is 0 Å². The summed E-state index contributed by atoms with van der Waals surface area (Å²) in [7, 11) is 2.54. The van der Waals surface area contributed by atoms with Crippen molar-refractivity contribution in [3.63, 3.8) is 0 Å². The molecular weight excluding hydrogens is 438 g/mol. The Morgan fingerprint density at radius 3 is 1.62 bits per heavy atom. The molecule has 0 saturated carbocycles. The Hall–Kier alpha value is -3.74. The molecule has 3 aromatic rings. The van der Waals surface area contributed by atoms with Gasteiger partial charge >= 0.3 is 18.0 Å². The maximum atomic E-state index is 12.9. The molecule has 32 heavy (non-hydrogen) atoms. The third-order valence-electron chi connectivity index (χ3n) is 4.70. The van der Waals surface area contributed by atoms with E-state index >= 15 is 0 Å². The average molecular weight is 452 g/mol. The van der Waals surface area contributed by atoms with Crippen molar-refractivity contribution in [2.24, 2.45) is 14.1 Å². The molecule has 10 heteroatoms. The number of hydrogen-bond donors (Lipinski definition) is 0. The van der Waals surface area contributed by atoms with Gasteiger partial charge in [-0.2, -0.15) is 26.3 Å². The van der Waals surface area contributed by atoms with E-state index in [-0.39, 0.29) is 22.4 Å². The molecule has 0 amide bonds. The number of nitrogens with zero attached hydrogens (tertiary/aromatic N) is 2. The molecule has 0 aliphatic rings. The van der Waals surface area contributed by atoms with Gasteiger partial charge in [0, 0.05) is 19.7 Å². The number of benzene rings is 2. The van der Waals surface area contributed by atoms with Crippen LogP contribution in [0.1, 0.15) is 22.4 Å². The highest BCUT2D eigenvalue weighted by Gasteiger charge is 2.31. The van der Waals surface area contributed by atoms with Gasteiger partial charge in [0.2, 0.25) is 0 Å². The monoisotopic (exact) mass is 452 g/mol. The Morgan fingerprint density at radius 2 is 1.16 bits per heavy atom. The van der Waals surface area contributed by atoms with Crippen molar-refractivity contribution < 1.29 is 26.3 Å². The average Bonchev–Trinajstić information content (AvgIpc) is 2.73. The maximum Gasteiger partial charge on any atom is 0.416 e. The number of aromatic nitrogens is 2. The molecule has 166 valence electrons. The topological polar surface area (TPSA) is 44.0 Å². The Kier molecular flexibility index (Phi) is 5.78. The quantitative estimate of drug-likeness (QED) is 0.411. The highest BCUT2D eigenvalue weighted by molar-refractivity contribution is 5.69. The standard InChI is InChI=1S/C22H14F6N2O2/c1-29-17(12-5-13-3-8-15(9-4-13)21(23,24)25)18(19(31)30(2)20(29)32)14-6-10-16(11-7-14)22(26,27)28/h3-4,6-11H,1-2H3. The van der Waals surface area contributed by atoms with Crippen LogP contribution in [-0.4, -0.2) is 9.13 Å². The fraction of sp³-hybridized carbons (Fsp3) is 0.182. The minimum atomic E-state index is -4.57. The molecule has 0 bridgehead atoms. The van der Waals surface area contributed by atoms with Crippen LogP contribution in [0.5, 0.6) is 0 Å². The summed E-state index contributed by atoms with van der Waals surface area (Å²) in [4.78, 5) is 25.1. The second kappa shape index (κ2) is 8.07. The van der Waals surface area contributed by atoms with Gasteiger partial charge in [0.15, 0.2) is 0 Å². The van der Waals surface area contributed by atoms with Crippen molar-refractivity contribution in [1.29, 1.82) is 0 Å². The lowest BCUT2D eigenvalue weighted by Gasteiger charge is -2.12. The Balaban J connectivity index is 2.17. The van der Waals surface area contributed by atoms with Crippen LogP contribution in [-0.2, 0) is 26.4 Å². The molecule has 1 aromatic heterocycles. The molecule has 3 rings (SSSR count). The molecule has 0 aliphatic carbocycles. The molecule has 0 saturated heterocycles. The summed E-state index contributed by atoms with van der Waals surface area (Å²) in [5, 5.41) is 0. The Morgan fingerprint density at radius 1 is 0.688 bits per heavy atom. The molecule has 0 aliphatic heterocycles. The minimum absolute atomic E-state index is 0.0854. The molecule has 0 spiro atoms. The van der Waals surface area contributed by atoms with E-state index in [1.807, 2.05) is 0 Å². The maximum absolute atomic E-state index is 12.9. The van der Waals surface area contributed by atoms with E-state index in [0.717, 1.165) is 57.7 Å². The highest BCUT2D eigenvalue weighted by atomic mass is 19.4. The largest absolute Gasteiger partial charge is 0.416 e. The lowest BCUT2D eigenvalue weighted by Crippen LogP contribution is -2.39. The van der Waals surface area contributed by atoms with Crippen LogP contribution in [0.15, 0.2) is 58.1 Å². The summed E-state index contributed by atoms with van der Waals surface area (Å²) < 4.78 is 78.6. The molecule has 0 N–H and O–H groups in total. The normalized spacial score (nSPS) is 11.8. The van der Waals surface area contributed by atoms with E-state index in [9.17, 15) is 35.9 Å². The number of halogens is 6. The number of hydrogen-bond acceptors (Lipinski definition) is 2. The summed E-state index contributed by atoms with van der Waals surface area (Å²) in [6.07, 6.45) is -9.09. The molecule has 0 atom stereocenters. The molecule has 1 heterocycles. The van der Waals surface area contributed by atoms with Crippen LogP contribution < -0.4 is 11.2 Å². The SMILES string of the molecule is Cn1c(C#Cc2ccc(C(F)(F)F)cc2)c(-c2ccc(C(F)(F)F)cc2)c(=O)n(C)c1=O. The van der Waals surface area contributed by atoms with Crippen LogP contribution in [0.4, 0.5) is 26.3 Å². The Bertz CT molecular complexity index is 1330. The van der Waals surface area contributed by atoms with Crippen molar-refractivity contribution in [3.8, 4) is 23.0 Å². The molecule has 0 unspecified atom stereocenters. The van der Waals surface area contributed by atoms with Crippen LogP contribution in [0.2, 0.25) is 0 Å². The molecule has 0 fully saturated rings. The van der Waals surface area contributed by atoms with Gasteiger partial charge in [-0.15, -0.1) is 0 Å². The van der Waals surface area contributed by atoms with Gasteiger partial charge in [0.1, 0.15) is 5.69 Å². The van der Waals surface area contributed by atoms with Gasteiger partial charge in [0.25, 0.3) is 5.56 Å². The van der Waals surface area contributed by atoms with E-state index < -0.39 is 34.7 Å². The van der Waals surface area contributed by atoms with E-state index in [1.54, 1.807) is 0 Å². The second-order valence-electron chi connectivity index (χ2n) is 6.83. The van der Waals surface area contributed by atoms with E-state index in [2.05, 4.69) is 11.8 Å². The summed E-state index contributed by atoms with van der Waals surface area (Å²) in [5.41, 5.74) is -3.18. The fourth-order valence-electron chi connectivity index (χ4n) is 2.95. The second-order valence-corrected chi connectivity index (χ2v) is 6.83. The highest BCUT2D eigenvalue weighted by Crippen LogP contribution is 2.31. The first-order valence-electron chi connectivity index (χ1n) is 8.97. The van der Waals surface area contributed by atoms with E-state index in [4.69, 9.17) is 0 Å². The molecular formula is C22H14F6N2O2. The lowest BCUT2D eigenvalue weighted by atomic mass is 10.0. The van der Waals surface area contributed by atoms with Gasteiger partial charge in [0.05, 0.1) is 16.7 Å². The van der Waals surface area contributed by atoms with Gasteiger partial charge in [-0.3, -0.25) is 13.9 Å². The van der Waals surface area contributed by atoms with Crippen molar-refractivity contribution in [3.05, 3.63) is 91.8 Å². The third kappa shape index (κ3) is 4.46. The van der Waals surface area contributed by atoms with E-state index in [0.29, 0.717) is 0 Å². The smallest absolute Gasteiger partial charge is 0.289 e. The van der Waals surface area contributed by atoms with Gasteiger partial charge in [-0.1, -0.05) is 18.1 Å². The minimum Gasteiger partial charge on any atom is -0.289 e. The summed E-state index contributed by atoms with van der Waals surface area (Å²) >= 11 is 0. The zero-order valence-corrected chi connectivity index (χ0v) is 16.6. The van der Waals surface area contributed by atoms with Crippen molar-refractivity contribution in [2.45, 2.75) is 12.4 Å². The molecule has 0 radical (unpaired) electrons. The fourth-order valence-corrected chi connectivity index (χ4v) is 2.95. The predicted molar refractivity (Wildman–Crippen MR) is 105 cm³/mol. The lowest BCUT2D eigenvalue weighted by molar-refractivity contribution is -0.138. The van der Waals surface area contributed by atoms with Crippen molar-refractivity contribution in [1.82, 2.24) is 9.13 Å². The van der Waals surface area contributed by atoms with Gasteiger partial charge in [-0.05, 0) is 47.9 Å². The van der Waals surface area contributed by atoms with Crippen LogP contribution in [0.3, 0.4) is 0 Å². The number of alkyl halides is 6. The van der Waals surface area contributed by atoms with Gasteiger partial charge < -0.3 is 0 Å². The third-order valence-corrected chi connectivity index (χ3v) is 4.70. The first-order valence-corrected chi connectivity index (χ1v) is 8.97. The van der Waals surface area contributed by atoms with E-state index in [1.165, 1.54) is 14.1 Å². The van der Waals surface area contributed by atoms with Crippen LogP contribution in [0.25, 0.3) is 11.1 Å². The first kappa shape index (κ1) is 22.9. The van der Waals surface area contributed by atoms with Gasteiger partial charge in [-0.25, -0.2) is 4.79 Å². The number of rotatable bonds is 1. The molecule has 2 aromatic carbocycles. The summed E-state index contributed by atoms with van der Waals surface area (Å²) in [6.45, 7) is 0. The zero-order chi connectivity index (χ0) is 23.8. The van der Waals surface area contributed by atoms with Crippen molar-refractivity contribution in [2.75, 3.05) is 0 Å². The Labute approximate surface area is 177 Å². The molecule has 4 nitrogen and oxygen atoms in total. The van der Waals surface area contributed by atoms with Crippen LogP contribution in [0, 0.1) is 11.8 Å². The van der Waals surface area contributed by atoms with Crippen LogP contribution >= 0.6 is 0 Å². The summed E-state index contributed by atoms with van der Waals surface area (Å²) in [6, 6.07) is 7.72. The predicted octanol–water partition coefficient (Wildman–Crippen LogP) is 4.19. The first-order chi connectivity index (χ1) is 14.8. The summed E-state index contributed by atoms with van der Waals surface area (Å²) in [5.74, 6) is 5.20.